The molecule has 2 rings (SSSR count). The SMILES string of the molecule is CCOc1ccc2c(c1)N([Si](C)(C)C(C)(C)C)C(=O)/C2=N\O[Si](C)(C)C(C)(C)C. The molecule has 5 nitrogen and oxygen atoms in total. The summed E-state index contributed by atoms with van der Waals surface area (Å²) in [6.07, 6.45) is 0. The number of hydrogen-bond donors (Lipinski definition) is 0. The minimum atomic E-state index is -2.18. The summed E-state index contributed by atoms with van der Waals surface area (Å²) in [6.45, 7) is 24.4. The van der Waals surface area contributed by atoms with Crippen LogP contribution in [0.5, 0.6) is 5.75 Å². The second-order valence-corrected chi connectivity index (χ2v) is 20.6. The molecule has 1 aliphatic heterocycles. The van der Waals surface area contributed by atoms with E-state index >= 15 is 0 Å². The van der Waals surface area contributed by atoms with Crippen molar-refractivity contribution in [2.75, 3.05) is 11.2 Å². The van der Waals surface area contributed by atoms with Crippen LogP contribution < -0.4 is 9.30 Å². The molecule has 29 heavy (non-hydrogen) atoms. The molecule has 0 N–H and O–H groups in total. The zero-order chi connectivity index (χ0) is 22.4. The van der Waals surface area contributed by atoms with Gasteiger partial charge >= 0.3 is 0 Å². The Hall–Kier alpha value is -1.61. The standard InChI is InChI=1S/C22H38N2O3Si2/c1-12-26-16-13-14-17-18(15-16)24(28(8,9)21(2,3)4)20(25)19(17)23-27-29(10,11)22(5,6)7/h13-15H,12H2,1-11H3/b23-19-. The normalized spacial score (nSPS) is 17.0. The summed E-state index contributed by atoms with van der Waals surface area (Å²) in [5.41, 5.74) is 2.14. The average molecular weight is 435 g/mol. The predicted molar refractivity (Wildman–Crippen MR) is 127 cm³/mol. The molecule has 0 aliphatic carbocycles. The summed E-state index contributed by atoms with van der Waals surface area (Å²) in [6, 6.07) is 5.83. The van der Waals surface area contributed by atoms with Crippen molar-refractivity contribution < 1.29 is 14.1 Å². The molecule has 0 unspecified atom stereocenters. The molecule has 0 aromatic heterocycles. The lowest BCUT2D eigenvalue weighted by Gasteiger charge is -2.43. The largest absolute Gasteiger partial charge is 0.494 e. The fourth-order valence-electron chi connectivity index (χ4n) is 2.76. The second kappa shape index (κ2) is 7.58. The van der Waals surface area contributed by atoms with Gasteiger partial charge in [0.05, 0.1) is 6.61 Å². The number of hydrogen-bond acceptors (Lipinski definition) is 4. The van der Waals surface area contributed by atoms with E-state index < -0.39 is 16.6 Å². The third-order valence-electron chi connectivity index (χ3n) is 6.75. The number of anilines is 1. The Morgan fingerprint density at radius 2 is 1.59 bits per heavy atom. The fraction of sp³-hybridized carbons (Fsp3) is 0.636. The molecule has 0 saturated carbocycles. The quantitative estimate of drug-likeness (QED) is 0.412. The maximum Gasteiger partial charge on any atom is 0.286 e. The van der Waals surface area contributed by atoms with Crippen molar-refractivity contribution in [2.45, 2.75) is 84.7 Å². The molecule has 1 aliphatic rings. The van der Waals surface area contributed by atoms with Gasteiger partial charge in [0.15, 0.2) is 13.9 Å². The first-order valence-corrected chi connectivity index (χ1v) is 16.3. The Labute approximate surface area is 178 Å². The number of amides is 1. The van der Waals surface area contributed by atoms with Gasteiger partial charge in [-0.15, -0.1) is 0 Å². The van der Waals surface area contributed by atoms with Crippen LogP contribution in [0.1, 0.15) is 54.0 Å². The van der Waals surface area contributed by atoms with Gasteiger partial charge in [-0.25, -0.2) is 0 Å². The highest BCUT2D eigenvalue weighted by Gasteiger charge is 2.50. The average Bonchev–Trinajstić information content (AvgIpc) is 2.82. The minimum absolute atomic E-state index is 0.00269. The van der Waals surface area contributed by atoms with E-state index in [9.17, 15) is 4.79 Å². The first kappa shape index (κ1) is 23.7. The van der Waals surface area contributed by atoms with Crippen LogP contribution in [-0.2, 0) is 9.32 Å². The van der Waals surface area contributed by atoms with Gasteiger partial charge in [-0.1, -0.05) is 59.8 Å². The molecule has 0 atom stereocenters. The van der Waals surface area contributed by atoms with Gasteiger partial charge in [-0.2, -0.15) is 0 Å². The fourth-order valence-corrected chi connectivity index (χ4v) is 5.42. The molecule has 162 valence electrons. The molecule has 0 radical (unpaired) electrons. The number of carbonyl (C=O) groups excluding carboxylic acids is 1. The predicted octanol–water partition coefficient (Wildman–Crippen LogP) is 6.16. The van der Waals surface area contributed by atoms with Crippen molar-refractivity contribution >= 4 is 33.9 Å². The number of rotatable bonds is 5. The smallest absolute Gasteiger partial charge is 0.286 e. The number of ether oxygens (including phenoxy) is 1. The van der Waals surface area contributed by atoms with E-state index in [4.69, 9.17) is 9.26 Å². The topological polar surface area (TPSA) is 51.1 Å². The van der Waals surface area contributed by atoms with Crippen LogP contribution in [0.15, 0.2) is 23.4 Å². The number of benzene rings is 1. The zero-order valence-corrected chi connectivity index (χ0v) is 22.1. The van der Waals surface area contributed by atoms with Crippen LogP contribution in [0.2, 0.25) is 36.3 Å². The van der Waals surface area contributed by atoms with Crippen LogP contribution in [0.25, 0.3) is 0 Å². The summed E-state index contributed by atoms with van der Waals surface area (Å²) in [4.78, 5) is 13.6. The van der Waals surface area contributed by atoms with Crippen LogP contribution in [-0.4, -0.2) is 34.8 Å². The van der Waals surface area contributed by atoms with Gasteiger partial charge in [-0.05, 0) is 42.2 Å². The van der Waals surface area contributed by atoms with Gasteiger partial charge in [0.1, 0.15) is 5.75 Å². The Kier molecular flexibility index (Phi) is 6.18. The van der Waals surface area contributed by atoms with Crippen molar-refractivity contribution in [3.63, 3.8) is 0 Å². The maximum atomic E-state index is 13.6. The van der Waals surface area contributed by atoms with Crippen LogP contribution in [0.4, 0.5) is 5.69 Å². The van der Waals surface area contributed by atoms with Crippen LogP contribution in [0, 0.1) is 0 Å². The van der Waals surface area contributed by atoms with Gasteiger partial charge < -0.3 is 13.8 Å². The first-order valence-electron chi connectivity index (χ1n) is 10.4. The zero-order valence-electron chi connectivity index (χ0n) is 20.1. The van der Waals surface area contributed by atoms with Crippen molar-refractivity contribution in [3.05, 3.63) is 23.8 Å². The van der Waals surface area contributed by atoms with E-state index in [2.05, 4.69) is 72.9 Å². The third-order valence-corrected chi connectivity index (χ3v) is 16.1. The van der Waals surface area contributed by atoms with Gasteiger partial charge in [0, 0.05) is 17.3 Å². The molecular formula is C22H38N2O3Si2. The lowest BCUT2D eigenvalue weighted by atomic mass is 10.1. The Morgan fingerprint density at radius 1 is 1.00 bits per heavy atom. The number of oxime groups is 1. The highest BCUT2D eigenvalue weighted by Crippen LogP contribution is 2.45. The van der Waals surface area contributed by atoms with Gasteiger partial charge in [0.25, 0.3) is 14.2 Å². The number of carbonyl (C=O) groups is 1. The van der Waals surface area contributed by atoms with Gasteiger partial charge in [-0.3, -0.25) is 4.79 Å². The minimum Gasteiger partial charge on any atom is -0.494 e. The molecule has 0 bridgehead atoms. The highest BCUT2D eigenvalue weighted by atomic mass is 28.4. The monoisotopic (exact) mass is 434 g/mol. The second-order valence-electron chi connectivity index (χ2n) is 10.9. The molecule has 0 spiro atoms. The molecule has 0 fully saturated rings. The maximum absolute atomic E-state index is 13.6. The summed E-state index contributed by atoms with van der Waals surface area (Å²) in [5.74, 6) is 0.716. The summed E-state index contributed by atoms with van der Waals surface area (Å²) < 4.78 is 13.8. The third kappa shape index (κ3) is 4.31. The highest BCUT2D eigenvalue weighted by molar-refractivity contribution is 6.90. The van der Waals surface area contributed by atoms with E-state index in [1.807, 2.05) is 29.7 Å². The van der Waals surface area contributed by atoms with Crippen molar-refractivity contribution in [1.29, 1.82) is 0 Å². The van der Waals surface area contributed by atoms with Crippen molar-refractivity contribution in [3.8, 4) is 5.75 Å². The van der Waals surface area contributed by atoms with E-state index in [0.29, 0.717) is 12.3 Å². The van der Waals surface area contributed by atoms with Gasteiger partial charge in [0.2, 0.25) is 0 Å². The lowest BCUT2D eigenvalue weighted by molar-refractivity contribution is -0.111. The van der Waals surface area contributed by atoms with Crippen molar-refractivity contribution in [2.24, 2.45) is 5.16 Å². The molecule has 1 amide bonds. The molecule has 1 aromatic rings. The van der Waals surface area contributed by atoms with E-state index in [1.165, 1.54) is 0 Å². The summed E-state index contributed by atoms with van der Waals surface area (Å²) in [7, 11) is -4.31. The molecule has 1 heterocycles. The van der Waals surface area contributed by atoms with E-state index in [0.717, 1.165) is 17.0 Å². The molecule has 1 aromatic carbocycles. The first-order chi connectivity index (χ1) is 13.0. The Balaban J connectivity index is 2.61. The molecular weight excluding hydrogens is 396 g/mol. The molecule has 0 saturated heterocycles. The van der Waals surface area contributed by atoms with Crippen LogP contribution in [0.3, 0.4) is 0 Å². The summed E-state index contributed by atoms with van der Waals surface area (Å²) in [5, 5.41) is 4.48. The Morgan fingerprint density at radius 3 is 2.07 bits per heavy atom. The van der Waals surface area contributed by atoms with E-state index in [1.54, 1.807) is 0 Å². The Bertz CT molecular complexity index is 818. The van der Waals surface area contributed by atoms with E-state index in [-0.39, 0.29) is 16.0 Å². The number of nitrogens with zero attached hydrogens (tertiary/aromatic N) is 2. The summed E-state index contributed by atoms with van der Waals surface area (Å²) >= 11 is 0. The number of fused-ring (bicyclic) bond motifs is 1. The van der Waals surface area contributed by atoms with Crippen LogP contribution >= 0.6 is 0 Å². The molecule has 7 heteroatoms. The lowest BCUT2D eigenvalue weighted by Crippen LogP contribution is -2.57. The van der Waals surface area contributed by atoms with Crippen molar-refractivity contribution in [1.82, 2.24) is 0 Å².